The molecule has 1 aromatic carbocycles. The molecule has 0 radical (unpaired) electrons. The van der Waals surface area contributed by atoms with Gasteiger partial charge in [0.15, 0.2) is 23.0 Å². The first kappa shape index (κ1) is 22.0. The molecular weight excluding hydrogens is 354 g/mol. The summed E-state index contributed by atoms with van der Waals surface area (Å²) < 4.78 is 11.3. The summed E-state index contributed by atoms with van der Waals surface area (Å²) in [6.45, 7) is 7.93. The SMILES string of the molecule is CCCCC(=[NH+]CCc1ccc(OCC)c(OCC)c1)C1=C(O)CCCC1=O. The van der Waals surface area contributed by atoms with Gasteiger partial charge < -0.3 is 14.6 Å². The van der Waals surface area contributed by atoms with E-state index in [1.807, 2.05) is 32.0 Å². The maximum absolute atomic E-state index is 12.3. The van der Waals surface area contributed by atoms with Crippen LogP contribution in [-0.2, 0) is 11.2 Å². The molecule has 0 heterocycles. The van der Waals surface area contributed by atoms with E-state index in [0.29, 0.717) is 38.2 Å². The van der Waals surface area contributed by atoms with E-state index in [1.54, 1.807) is 0 Å². The molecule has 0 fully saturated rings. The number of ketones is 1. The minimum atomic E-state index is 0.0575. The van der Waals surface area contributed by atoms with Gasteiger partial charge in [-0.2, -0.15) is 0 Å². The first-order valence-electron chi connectivity index (χ1n) is 10.5. The second-order valence-electron chi connectivity index (χ2n) is 7.00. The van der Waals surface area contributed by atoms with Crippen molar-refractivity contribution in [2.24, 2.45) is 0 Å². The van der Waals surface area contributed by atoms with Gasteiger partial charge in [0.2, 0.25) is 0 Å². The Balaban J connectivity index is 2.14. The molecule has 0 aliphatic heterocycles. The maximum atomic E-state index is 12.3. The van der Waals surface area contributed by atoms with Gasteiger partial charge in [0.1, 0.15) is 17.9 Å². The lowest BCUT2D eigenvalue weighted by Gasteiger charge is -2.14. The quantitative estimate of drug-likeness (QED) is 0.571. The molecule has 0 spiro atoms. The van der Waals surface area contributed by atoms with E-state index in [0.717, 1.165) is 54.9 Å². The van der Waals surface area contributed by atoms with E-state index >= 15 is 0 Å². The molecule has 0 saturated heterocycles. The first-order valence-corrected chi connectivity index (χ1v) is 10.5. The fourth-order valence-electron chi connectivity index (χ4n) is 3.43. The topological polar surface area (TPSA) is 69.7 Å². The van der Waals surface area contributed by atoms with Crippen LogP contribution >= 0.6 is 0 Å². The number of hydrogen-bond donors (Lipinski definition) is 2. The number of aliphatic hydroxyl groups is 1. The Kier molecular flexibility index (Phi) is 9.05. The van der Waals surface area contributed by atoms with Crippen LogP contribution < -0.4 is 14.5 Å². The Hall–Kier alpha value is -2.30. The summed E-state index contributed by atoms with van der Waals surface area (Å²) in [5.74, 6) is 1.83. The highest BCUT2D eigenvalue weighted by Crippen LogP contribution is 2.28. The number of carbonyl (C=O) groups is 1. The lowest BCUT2D eigenvalue weighted by atomic mass is 9.90. The van der Waals surface area contributed by atoms with Crippen molar-refractivity contribution in [3.63, 3.8) is 0 Å². The lowest BCUT2D eigenvalue weighted by molar-refractivity contribution is -0.457. The van der Waals surface area contributed by atoms with Gasteiger partial charge in [-0.05, 0) is 44.4 Å². The van der Waals surface area contributed by atoms with E-state index < -0.39 is 0 Å². The fraction of sp³-hybridized carbons (Fsp3) is 0.565. The van der Waals surface area contributed by atoms with Crippen molar-refractivity contribution in [2.75, 3.05) is 19.8 Å². The molecule has 5 nitrogen and oxygen atoms in total. The molecule has 0 atom stereocenters. The van der Waals surface area contributed by atoms with E-state index in [-0.39, 0.29) is 11.5 Å². The van der Waals surface area contributed by atoms with Crippen molar-refractivity contribution < 1.29 is 24.4 Å². The number of hydrogen-bond acceptors (Lipinski definition) is 4. The molecule has 0 amide bonds. The number of rotatable bonds is 11. The number of nitrogens with one attached hydrogen (secondary N) is 1. The number of allylic oxidation sites excluding steroid dienone is 2. The number of benzene rings is 1. The molecule has 154 valence electrons. The van der Waals surface area contributed by atoms with Gasteiger partial charge in [-0.1, -0.05) is 19.4 Å². The predicted molar refractivity (Wildman–Crippen MR) is 111 cm³/mol. The summed E-state index contributed by atoms with van der Waals surface area (Å²) in [6.07, 6.45) is 5.47. The number of Topliss-reactive ketones (excluding diaryl/α,β-unsaturated/α-hetero) is 1. The summed E-state index contributed by atoms with van der Waals surface area (Å²) in [6, 6.07) is 6.01. The van der Waals surface area contributed by atoms with Gasteiger partial charge in [-0.3, -0.25) is 4.79 Å². The molecule has 1 aromatic rings. The third-order valence-electron chi connectivity index (χ3n) is 4.83. The highest BCUT2D eigenvalue weighted by Gasteiger charge is 2.27. The molecule has 5 heteroatoms. The lowest BCUT2D eigenvalue weighted by Crippen LogP contribution is -2.74. The Morgan fingerprint density at radius 2 is 1.86 bits per heavy atom. The smallest absolute Gasteiger partial charge is 0.188 e. The summed E-state index contributed by atoms with van der Waals surface area (Å²) in [4.78, 5) is 15.8. The third-order valence-corrected chi connectivity index (χ3v) is 4.83. The molecular formula is C23H34NO4+. The van der Waals surface area contributed by atoms with E-state index in [4.69, 9.17) is 9.47 Å². The summed E-state index contributed by atoms with van der Waals surface area (Å²) >= 11 is 0. The Morgan fingerprint density at radius 1 is 1.11 bits per heavy atom. The van der Waals surface area contributed by atoms with Gasteiger partial charge in [-0.15, -0.1) is 0 Å². The van der Waals surface area contributed by atoms with Gasteiger partial charge in [0.05, 0.1) is 13.2 Å². The fourth-order valence-corrected chi connectivity index (χ4v) is 3.43. The van der Waals surface area contributed by atoms with Crippen molar-refractivity contribution >= 4 is 11.5 Å². The molecule has 0 saturated carbocycles. The average Bonchev–Trinajstić information content (AvgIpc) is 2.67. The zero-order chi connectivity index (χ0) is 20.4. The molecule has 0 aromatic heterocycles. The normalized spacial score (nSPS) is 15.1. The van der Waals surface area contributed by atoms with Crippen LogP contribution in [0.15, 0.2) is 29.5 Å². The van der Waals surface area contributed by atoms with Crippen LogP contribution in [0.25, 0.3) is 0 Å². The van der Waals surface area contributed by atoms with Crippen LogP contribution in [0.2, 0.25) is 0 Å². The molecule has 0 unspecified atom stereocenters. The third kappa shape index (κ3) is 6.11. The van der Waals surface area contributed by atoms with E-state index in [2.05, 4.69) is 11.9 Å². The first-order chi connectivity index (χ1) is 13.6. The van der Waals surface area contributed by atoms with Crippen LogP contribution in [0.1, 0.15) is 64.9 Å². The van der Waals surface area contributed by atoms with Crippen LogP contribution in [0, 0.1) is 0 Å². The van der Waals surface area contributed by atoms with Gasteiger partial charge in [0, 0.05) is 25.7 Å². The largest absolute Gasteiger partial charge is 0.511 e. The molecule has 0 bridgehead atoms. The van der Waals surface area contributed by atoms with Gasteiger partial charge in [0.25, 0.3) is 0 Å². The average molecular weight is 389 g/mol. The molecule has 1 aliphatic carbocycles. The van der Waals surface area contributed by atoms with E-state index in [9.17, 15) is 9.90 Å². The monoisotopic (exact) mass is 388 g/mol. The Bertz CT molecular complexity index is 721. The van der Waals surface area contributed by atoms with Gasteiger partial charge in [-0.25, -0.2) is 4.99 Å². The molecule has 2 rings (SSSR count). The number of aliphatic hydroxyl groups excluding tert-OH is 1. The van der Waals surface area contributed by atoms with Crippen LogP contribution in [0.4, 0.5) is 0 Å². The summed E-state index contributed by atoms with van der Waals surface area (Å²) in [5.41, 5.74) is 2.56. The van der Waals surface area contributed by atoms with Crippen molar-refractivity contribution in [2.45, 2.75) is 65.7 Å². The minimum absolute atomic E-state index is 0.0575. The highest BCUT2D eigenvalue weighted by molar-refractivity contribution is 6.21. The minimum Gasteiger partial charge on any atom is -0.511 e. The van der Waals surface area contributed by atoms with Crippen molar-refractivity contribution in [3.05, 3.63) is 35.1 Å². The van der Waals surface area contributed by atoms with Crippen LogP contribution in [-0.4, -0.2) is 36.4 Å². The standard InChI is InChI=1S/C23H33NO4/c1-4-7-9-18(23-19(25)10-8-11-20(23)26)24-15-14-17-12-13-21(27-5-2)22(16-17)28-6-3/h12-13,16,25H,4-11,14-15H2,1-3H3/p+1. The molecule has 28 heavy (non-hydrogen) atoms. The Labute approximate surface area is 168 Å². The zero-order valence-electron chi connectivity index (χ0n) is 17.5. The maximum Gasteiger partial charge on any atom is 0.188 e. The Morgan fingerprint density at radius 3 is 2.54 bits per heavy atom. The molecule has 2 N–H and O–H groups in total. The van der Waals surface area contributed by atoms with E-state index in [1.165, 1.54) is 0 Å². The highest BCUT2D eigenvalue weighted by atomic mass is 16.5. The second-order valence-corrected chi connectivity index (χ2v) is 7.00. The number of ether oxygens (including phenoxy) is 2. The molecule has 1 aliphatic rings. The van der Waals surface area contributed by atoms with Crippen molar-refractivity contribution in [1.82, 2.24) is 0 Å². The van der Waals surface area contributed by atoms with Gasteiger partial charge >= 0.3 is 0 Å². The number of carbonyl (C=O) groups excluding carboxylic acids is 1. The zero-order valence-corrected chi connectivity index (χ0v) is 17.5. The number of unbranched alkanes of at least 4 members (excludes halogenated alkanes) is 1. The van der Waals surface area contributed by atoms with Crippen molar-refractivity contribution in [1.29, 1.82) is 0 Å². The summed E-state index contributed by atoms with van der Waals surface area (Å²) in [7, 11) is 0. The van der Waals surface area contributed by atoms with Crippen LogP contribution in [0.5, 0.6) is 11.5 Å². The summed E-state index contributed by atoms with van der Waals surface area (Å²) in [5, 5.41) is 10.3. The van der Waals surface area contributed by atoms with Crippen LogP contribution in [0.3, 0.4) is 0 Å². The van der Waals surface area contributed by atoms with Crippen molar-refractivity contribution in [3.8, 4) is 11.5 Å². The predicted octanol–water partition coefficient (Wildman–Crippen LogP) is 3.30. The second kappa shape index (κ2) is 11.5.